The first-order valence-corrected chi connectivity index (χ1v) is 6.89. The number of anilines is 1. The minimum Gasteiger partial charge on any atom is -0.376 e. The summed E-state index contributed by atoms with van der Waals surface area (Å²) in [4.78, 5) is 2.28. The first kappa shape index (κ1) is 13.4. The minimum atomic E-state index is 0.119. The second-order valence-corrected chi connectivity index (χ2v) is 5.09. The Morgan fingerprint density at radius 1 is 1.44 bits per heavy atom. The Hall–Kier alpha value is -1.06. The summed E-state index contributed by atoms with van der Waals surface area (Å²) in [5.74, 6) is 0. The molecule has 0 spiro atoms. The van der Waals surface area contributed by atoms with Crippen molar-refractivity contribution in [2.75, 3.05) is 25.1 Å². The molecule has 1 heterocycles. The van der Waals surface area contributed by atoms with Crippen LogP contribution in [-0.2, 0) is 4.74 Å². The van der Waals surface area contributed by atoms with E-state index in [1.54, 1.807) is 0 Å². The van der Waals surface area contributed by atoms with Crippen LogP contribution in [0, 0.1) is 0 Å². The number of hydrogen-bond acceptors (Lipinski definition) is 3. The number of nitrogens with two attached hydrogens (primary N) is 1. The third-order valence-electron chi connectivity index (χ3n) is 3.69. The molecule has 18 heavy (non-hydrogen) atoms. The van der Waals surface area contributed by atoms with Gasteiger partial charge in [-0.05, 0) is 30.9 Å². The van der Waals surface area contributed by atoms with Gasteiger partial charge < -0.3 is 15.4 Å². The van der Waals surface area contributed by atoms with Gasteiger partial charge in [0, 0.05) is 31.9 Å². The smallest absolute Gasteiger partial charge is 0.0750 e. The average Bonchev–Trinajstić information content (AvgIpc) is 2.90. The summed E-state index contributed by atoms with van der Waals surface area (Å²) in [6.45, 7) is 3.99. The highest BCUT2D eigenvalue weighted by Gasteiger charge is 2.19. The number of likely N-dealkylation sites (N-methyl/N-ethyl adjacent to an activating group) is 1. The molecule has 1 fully saturated rings. The molecule has 1 saturated heterocycles. The molecule has 3 nitrogen and oxygen atoms in total. The predicted molar refractivity (Wildman–Crippen MR) is 75.9 cm³/mol. The second-order valence-electron chi connectivity index (χ2n) is 5.09. The number of rotatable bonds is 5. The largest absolute Gasteiger partial charge is 0.376 e. The van der Waals surface area contributed by atoms with E-state index in [-0.39, 0.29) is 6.04 Å². The van der Waals surface area contributed by atoms with Crippen LogP contribution >= 0.6 is 0 Å². The lowest BCUT2D eigenvalue weighted by atomic mass is 10.0. The standard InChI is InChI=1S/C15H24N2O/c1-3-14(16)13-8-4-5-9-15(13)17(2)11-12-7-6-10-18-12/h4-5,8-9,12,14H,3,6-7,10-11,16H2,1-2H3/t12?,14-/m1/s1. The molecule has 1 aliphatic rings. The Morgan fingerprint density at radius 2 is 2.22 bits per heavy atom. The SMILES string of the molecule is CC[C@@H](N)c1ccccc1N(C)CC1CCCO1. The summed E-state index contributed by atoms with van der Waals surface area (Å²) in [5.41, 5.74) is 8.66. The first-order chi connectivity index (χ1) is 8.72. The van der Waals surface area contributed by atoms with E-state index in [1.807, 2.05) is 0 Å². The molecule has 0 saturated carbocycles. The van der Waals surface area contributed by atoms with Gasteiger partial charge in [-0.3, -0.25) is 0 Å². The molecule has 0 aliphatic carbocycles. The minimum absolute atomic E-state index is 0.119. The Kier molecular flexibility index (Phi) is 4.61. The maximum Gasteiger partial charge on any atom is 0.0750 e. The highest BCUT2D eigenvalue weighted by atomic mass is 16.5. The molecular weight excluding hydrogens is 224 g/mol. The van der Waals surface area contributed by atoms with Gasteiger partial charge >= 0.3 is 0 Å². The van der Waals surface area contributed by atoms with Crippen LogP contribution in [0.25, 0.3) is 0 Å². The van der Waals surface area contributed by atoms with Gasteiger partial charge in [0.15, 0.2) is 0 Å². The summed E-state index contributed by atoms with van der Waals surface area (Å²) in [7, 11) is 2.13. The molecule has 2 atom stereocenters. The van der Waals surface area contributed by atoms with Crippen LogP contribution in [0.15, 0.2) is 24.3 Å². The molecular formula is C15H24N2O. The average molecular weight is 248 g/mol. The lowest BCUT2D eigenvalue weighted by Gasteiger charge is -2.26. The number of ether oxygens (including phenoxy) is 1. The van der Waals surface area contributed by atoms with Gasteiger partial charge in [-0.2, -0.15) is 0 Å². The van der Waals surface area contributed by atoms with Crippen molar-refractivity contribution in [3.8, 4) is 0 Å². The fourth-order valence-corrected chi connectivity index (χ4v) is 2.56. The maximum atomic E-state index is 6.18. The summed E-state index contributed by atoms with van der Waals surface area (Å²) >= 11 is 0. The van der Waals surface area contributed by atoms with Crippen molar-refractivity contribution in [1.82, 2.24) is 0 Å². The number of nitrogens with zero attached hydrogens (tertiary/aromatic N) is 1. The van der Waals surface area contributed by atoms with E-state index < -0.39 is 0 Å². The first-order valence-electron chi connectivity index (χ1n) is 6.89. The Labute approximate surface area is 110 Å². The molecule has 0 aromatic heterocycles. The fourth-order valence-electron chi connectivity index (χ4n) is 2.56. The summed E-state index contributed by atoms with van der Waals surface area (Å²) < 4.78 is 5.70. The highest BCUT2D eigenvalue weighted by molar-refractivity contribution is 5.54. The molecule has 1 aliphatic heterocycles. The van der Waals surface area contributed by atoms with Crippen LogP contribution in [0.1, 0.15) is 37.8 Å². The molecule has 1 aromatic rings. The van der Waals surface area contributed by atoms with E-state index in [0.717, 1.165) is 19.6 Å². The highest BCUT2D eigenvalue weighted by Crippen LogP contribution is 2.27. The molecule has 0 amide bonds. The van der Waals surface area contributed by atoms with E-state index in [2.05, 4.69) is 43.1 Å². The number of hydrogen-bond donors (Lipinski definition) is 1. The van der Waals surface area contributed by atoms with Crippen LogP contribution in [-0.4, -0.2) is 26.3 Å². The molecule has 0 bridgehead atoms. The van der Waals surface area contributed by atoms with Crippen LogP contribution in [0.5, 0.6) is 0 Å². The predicted octanol–water partition coefficient (Wildman–Crippen LogP) is 2.71. The Balaban J connectivity index is 2.10. The van der Waals surface area contributed by atoms with Crippen molar-refractivity contribution in [3.63, 3.8) is 0 Å². The van der Waals surface area contributed by atoms with Gasteiger partial charge in [0.2, 0.25) is 0 Å². The zero-order valence-corrected chi connectivity index (χ0v) is 11.4. The summed E-state index contributed by atoms with van der Waals surface area (Å²) in [6.07, 6.45) is 3.70. The molecule has 2 N–H and O–H groups in total. The van der Waals surface area contributed by atoms with Gasteiger partial charge in [-0.25, -0.2) is 0 Å². The summed E-state index contributed by atoms with van der Waals surface area (Å²) in [5, 5.41) is 0. The lowest BCUT2D eigenvalue weighted by molar-refractivity contribution is 0.116. The maximum absolute atomic E-state index is 6.18. The van der Waals surface area contributed by atoms with Crippen molar-refractivity contribution in [2.24, 2.45) is 5.73 Å². The zero-order chi connectivity index (χ0) is 13.0. The van der Waals surface area contributed by atoms with Crippen molar-refractivity contribution in [3.05, 3.63) is 29.8 Å². The molecule has 2 rings (SSSR count). The van der Waals surface area contributed by atoms with Gasteiger partial charge in [0.05, 0.1) is 6.10 Å². The Morgan fingerprint density at radius 3 is 2.89 bits per heavy atom. The fraction of sp³-hybridized carbons (Fsp3) is 0.600. The molecule has 1 aromatic carbocycles. The third-order valence-corrected chi connectivity index (χ3v) is 3.69. The normalized spacial score (nSPS) is 20.9. The van der Waals surface area contributed by atoms with Crippen LogP contribution in [0.3, 0.4) is 0 Å². The molecule has 0 radical (unpaired) electrons. The van der Waals surface area contributed by atoms with Crippen LogP contribution in [0.2, 0.25) is 0 Å². The van der Waals surface area contributed by atoms with Crippen molar-refractivity contribution < 1.29 is 4.74 Å². The third kappa shape index (κ3) is 3.03. The molecule has 3 heteroatoms. The van der Waals surface area contributed by atoms with Crippen LogP contribution < -0.4 is 10.6 Å². The number of para-hydroxylation sites is 1. The van der Waals surface area contributed by atoms with Crippen LogP contribution in [0.4, 0.5) is 5.69 Å². The van der Waals surface area contributed by atoms with Gasteiger partial charge in [0.1, 0.15) is 0 Å². The van der Waals surface area contributed by atoms with E-state index >= 15 is 0 Å². The summed E-state index contributed by atoms with van der Waals surface area (Å²) in [6, 6.07) is 8.55. The molecule has 100 valence electrons. The van der Waals surface area contributed by atoms with E-state index in [4.69, 9.17) is 10.5 Å². The Bertz CT molecular complexity index is 375. The zero-order valence-electron chi connectivity index (χ0n) is 11.4. The van der Waals surface area contributed by atoms with E-state index in [0.29, 0.717) is 6.10 Å². The van der Waals surface area contributed by atoms with Gasteiger partial charge in [0.25, 0.3) is 0 Å². The van der Waals surface area contributed by atoms with Crippen molar-refractivity contribution >= 4 is 5.69 Å². The van der Waals surface area contributed by atoms with Crippen molar-refractivity contribution in [2.45, 2.75) is 38.3 Å². The quantitative estimate of drug-likeness (QED) is 0.870. The van der Waals surface area contributed by atoms with E-state index in [1.165, 1.54) is 24.1 Å². The van der Waals surface area contributed by atoms with Crippen molar-refractivity contribution in [1.29, 1.82) is 0 Å². The van der Waals surface area contributed by atoms with Gasteiger partial charge in [-0.15, -0.1) is 0 Å². The van der Waals surface area contributed by atoms with Gasteiger partial charge in [-0.1, -0.05) is 25.1 Å². The lowest BCUT2D eigenvalue weighted by Crippen LogP contribution is -2.30. The second kappa shape index (κ2) is 6.21. The number of benzene rings is 1. The molecule has 1 unspecified atom stereocenters. The monoisotopic (exact) mass is 248 g/mol. The topological polar surface area (TPSA) is 38.5 Å². The van der Waals surface area contributed by atoms with E-state index in [9.17, 15) is 0 Å².